The molecule has 8 nitrogen and oxygen atoms in total. The van der Waals surface area contributed by atoms with E-state index in [2.05, 4.69) is 37.2 Å². The van der Waals surface area contributed by atoms with E-state index in [1.54, 1.807) is 36.0 Å². The number of hydrogen-bond donors (Lipinski definition) is 3. The van der Waals surface area contributed by atoms with E-state index in [9.17, 15) is 23.1 Å². The Balaban J connectivity index is 1.40. The highest BCUT2D eigenvalue weighted by Crippen LogP contribution is 2.42. The maximum atomic E-state index is 13.1. The second-order valence-corrected chi connectivity index (χ2v) is 10.1. The number of fused-ring (bicyclic) bond motifs is 1. The standard InChI is InChI=1S/C24H23F3N6O2S/c1-12(13-2-4-14(5-3-13)22(34)35)21-29-10-18(36-21)16-8-15(9-17-20(16)31-11-30-17)32-23-28-7-6-19(33-23)24(25,26)27/h6-14H,2-5H2,1H3,(H,30,31)(H,34,35)(H,28,32,33). The van der Waals surface area contributed by atoms with E-state index in [-0.39, 0.29) is 17.8 Å². The zero-order valence-electron chi connectivity index (χ0n) is 19.2. The van der Waals surface area contributed by atoms with Gasteiger partial charge in [-0.05, 0) is 49.8 Å². The number of aromatic nitrogens is 5. The van der Waals surface area contributed by atoms with E-state index in [0.717, 1.165) is 46.1 Å². The number of imidazole rings is 1. The van der Waals surface area contributed by atoms with Gasteiger partial charge in [0, 0.05) is 29.6 Å². The summed E-state index contributed by atoms with van der Waals surface area (Å²) in [7, 11) is 0. The quantitative estimate of drug-likeness (QED) is 0.278. The number of aromatic amines is 1. The molecule has 1 saturated carbocycles. The average Bonchev–Trinajstić information content (AvgIpc) is 3.53. The van der Waals surface area contributed by atoms with Crippen molar-refractivity contribution in [3.63, 3.8) is 0 Å². The third-order valence-electron chi connectivity index (χ3n) is 6.73. The van der Waals surface area contributed by atoms with Crippen molar-refractivity contribution in [1.82, 2.24) is 24.9 Å². The van der Waals surface area contributed by atoms with Crippen LogP contribution in [0.1, 0.15) is 49.2 Å². The maximum Gasteiger partial charge on any atom is 0.433 e. The minimum atomic E-state index is -4.57. The molecule has 1 atom stereocenters. The fourth-order valence-electron chi connectivity index (χ4n) is 4.71. The fourth-order valence-corrected chi connectivity index (χ4v) is 5.79. The summed E-state index contributed by atoms with van der Waals surface area (Å²) in [5, 5.41) is 13.1. The van der Waals surface area contributed by atoms with E-state index < -0.39 is 17.8 Å². The van der Waals surface area contributed by atoms with E-state index >= 15 is 0 Å². The monoisotopic (exact) mass is 516 g/mol. The Hall–Kier alpha value is -3.54. The van der Waals surface area contributed by atoms with Crippen molar-refractivity contribution in [3.05, 3.63) is 47.6 Å². The Labute approximate surface area is 208 Å². The van der Waals surface area contributed by atoms with Crippen LogP contribution in [0.3, 0.4) is 0 Å². The molecule has 1 aliphatic carbocycles. The predicted octanol–water partition coefficient (Wildman–Crippen LogP) is 6.23. The Morgan fingerprint density at radius 3 is 2.69 bits per heavy atom. The highest BCUT2D eigenvalue weighted by Gasteiger charge is 2.33. The molecule has 0 aliphatic heterocycles. The molecule has 1 aliphatic rings. The van der Waals surface area contributed by atoms with Gasteiger partial charge in [-0.1, -0.05) is 6.92 Å². The van der Waals surface area contributed by atoms with Crippen LogP contribution in [0.15, 0.2) is 36.9 Å². The molecular weight excluding hydrogens is 493 g/mol. The Bertz CT molecular complexity index is 1390. The van der Waals surface area contributed by atoms with Crippen LogP contribution in [0.5, 0.6) is 0 Å². The number of nitrogens with zero attached hydrogens (tertiary/aromatic N) is 4. The number of anilines is 2. The molecule has 1 unspecified atom stereocenters. The summed E-state index contributed by atoms with van der Waals surface area (Å²) in [4.78, 5) is 31.8. The number of alkyl halides is 3. The molecule has 0 radical (unpaired) electrons. The largest absolute Gasteiger partial charge is 0.481 e. The summed E-state index contributed by atoms with van der Waals surface area (Å²) < 4.78 is 39.2. The number of carboxylic acids is 1. The van der Waals surface area contributed by atoms with Crippen LogP contribution >= 0.6 is 11.3 Å². The lowest BCUT2D eigenvalue weighted by Crippen LogP contribution is -2.23. The predicted molar refractivity (Wildman–Crippen MR) is 129 cm³/mol. The molecule has 0 bridgehead atoms. The van der Waals surface area contributed by atoms with Crippen molar-refractivity contribution >= 4 is 40.0 Å². The van der Waals surface area contributed by atoms with Crippen molar-refractivity contribution < 1.29 is 23.1 Å². The van der Waals surface area contributed by atoms with Gasteiger partial charge in [-0.15, -0.1) is 11.3 Å². The molecule has 5 rings (SSSR count). The smallest absolute Gasteiger partial charge is 0.433 e. The molecule has 3 aromatic heterocycles. The minimum absolute atomic E-state index is 0.162. The van der Waals surface area contributed by atoms with Crippen molar-refractivity contribution in [2.45, 2.75) is 44.7 Å². The van der Waals surface area contributed by atoms with E-state index in [1.165, 1.54) is 0 Å². The number of nitrogens with one attached hydrogen (secondary N) is 2. The Morgan fingerprint density at radius 1 is 1.19 bits per heavy atom. The average molecular weight is 517 g/mol. The van der Waals surface area contributed by atoms with Crippen LogP contribution in [-0.2, 0) is 11.0 Å². The summed E-state index contributed by atoms with van der Waals surface area (Å²) >= 11 is 1.54. The van der Waals surface area contributed by atoms with Crippen molar-refractivity contribution in [2.24, 2.45) is 11.8 Å². The molecule has 3 heterocycles. The molecule has 0 spiro atoms. The van der Waals surface area contributed by atoms with Crippen molar-refractivity contribution in [3.8, 4) is 10.4 Å². The second-order valence-electron chi connectivity index (χ2n) is 9.01. The van der Waals surface area contributed by atoms with E-state index in [1.807, 2.05) is 0 Å². The number of benzene rings is 1. The second kappa shape index (κ2) is 9.49. The number of thiazole rings is 1. The molecule has 188 valence electrons. The summed E-state index contributed by atoms with van der Waals surface area (Å²) in [6, 6.07) is 4.36. The van der Waals surface area contributed by atoms with Gasteiger partial charge in [0.25, 0.3) is 0 Å². The molecule has 0 amide bonds. The normalized spacial score (nSPS) is 19.3. The first kappa shape index (κ1) is 24.2. The van der Waals surface area contributed by atoms with Crippen LogP contribution in [-0.4, -0.2) is 36.0 Å². The van der Waals surface area contributed by atoms with Gasteiger partial charge in [0.2, 0.25) is 5.95 Å². The lowest BCUT2D eigenvalue weighted by molar-refractivity contribution is -0.143. The van der Waals surface area contributed by atoms with Crippen LogP contribution in [0.2, 0.25) is 0 Å². The zero-order valence-corrected chi connectivity index (χ0v) is 20.0. The molecule has 4 aromatic rings. The lowest BCUT2D eigenvalue weighted by Gasteiger charge is -2.29. The summed E-state index contributed by atoms with van der Waals surface area (Å²) in [5.74, 6) is -0.580. The van der Waals surface area contributed by atoms with Gasteiger partial charge in [-0.25, -0.2) is 19.9 Å². The Kier molecular flexibility index (Phi) is 6.37. The first-order valence-electron chi connectivity index (χ1n) is 11.5. The molecular formula is C24H23F3N6O2S. The number of hydrogen-bond acceptors (Lipinski definition) is 7. The fraction of sp³-hybridized carbons (Fsp3) is 0.375. The third kappa shape index (κ3) is 4.90. The van der Waals surface area contributed by atoms with Gasteiger partial charge in [-0.3, -0.25) is 4.79 Å². The minimum Gasteiger partial charge on any atom is -0.481 e. The van der Waals surface area contributed by atoms with Crippen LogP contribution in [0.4, 0.5) is 24.8 Å². The topological polar surface area (TPSA) is 117 Å². The van der Waals surface area contributed by atoms with E-state index in [0.29, 0.717) is 30.0 Å². The molecule has 36 heavy (non-hydrogen) atoms. The summed E-state index contributed by atoms with van der Waals surface area (Å²) in [6.07, 6.45) is 2.91. The number of aliphatic carboxylic acids is 1. The SMILES string of the molecule is CC(c1ncc(-c2cc(Nc3nccc(C(F)(F)F)n3)cc3[nH]cnc23)s1)C1CCC(C(=O)O)CC1. The maximum absolute atomic E-state index is 13.1. The summed E-state index contributed by atoms with van der Waals surface area (Å²) in [5.41, 5.74) is 1.69. The molecule has 1 aromatic carbocycles. The van der Waals surface area contributed by atoms with Crippen molar-refractivity contribution in [1.29, 1.82) is 0 Å². The van der Waals surface area contributed by atoms with E-state index in [4.69, 9.17) is 0 Å². The number of rotatable bonds is 6. The number of H-pyrrole nitrogens is 1. The van der Waals surface area contributed by atoms with Gasteiger partial charge < -0.3 is 15.4 Å². The zero-order chi connectivity index (χ0) is 25.4. The van der Waals surface area contributed by atoms with Gasteiger partial charge in [0.1, 0.15) is 5.69 Å². The van der Waals surface area contributed by atoms with Gasteiger partial charge >= 0.3 is 12.1 Å². The van der Waals surface area contributed by atoms with Gasteiger partial charge in [-0.2, -0.15) is 13.2 Å². The molecule has 1 fully saturated rings. The van der Waals surface area contributed by atoms with Crippen LogP contribution < -0.4 is 5.32 Å². The molecule has 0 saturated heterocycles. The molecule has 12 heteroatoms. The van der Waals surface area contributed by atoms with Crippen LogP contribution in [0.25, 0.3) is 21.5 Å². The van der Waals surface area contributed by atoms with Crippen molar-refractivity contribution in [2.75, 3.05) is 5.32 Å². The van der Waals surface area contributed by atoms with Crippen LogP contribution in [0, 0.1) is 11.8 Å². The number of carboxylic acid groups (broad SMARTS) is 1. The number of carbonyl (C=O) groups is 1. The highest BCUT2D eigenvalue weighted by molar-refractivity contribution is 7.15. The van der Waals surface area contributed by atoms with Gasteiger partial charge in [0.05, 0.1) is 33.2 Å². The third-order valence-corrected chi connectivity index (χ3v) is 7.96. The van der Waals surface area contributed by atoms with Gasteiger partial charge in [0.15, 0.2) is 0 Å². The first-order chi connectivity index (χ1) is 17.2. The Morgan fingerprint density at radius 2 is 1.97 bits per heavy atom. The summed E-state index contributed by atoms with van der Waals surface area (Å²) in [6.45, 7) is 2.13. The lowest BCUT2D eigenvalue weighted by atomic mass is 9.76. The number of halogens is 3. The first-order valence-corrected chi connectivity index (χ1v) is 12.3. The molecule has 3 N–H and O–H groups in total. The highest BCUT2D eigenvalue weighted by atomic mass is 32.1.